The van der Waals surface area contributed by atoms with Crippen molar-refractivity contribution in [2.75, 3.05) is 33.3 Å². The Morgan fingerprint density at radius 3 is 2.76 bits per heavy atom. The maximum atomic E-state index is 11.8. The molecule has 0 radical (unpaired) electrons. The number of aromatic nitrogens is 1. The molecule has 0 saturated carbocycles. The van der Waals surface area contributed by atoms with Crippen LogP contribution >= 0.6 is 24.0 Å². The van der Waals surface area contributed by atoms with Crippen LogP contribution in [0.4, 0.5) is 4.79 Å². The Morgan fingerprint density at radius 2 is 2.03 bits per heavy atom. The van der Waals surface area contributed by atoms with Crippen molar-refractivity contribution < 1.29 is 9.53 Å². The number of nitrogens with zero attached hydrogens (tertiary/aromatic N) is 3. The molecular weight excluding hydrogens is 481 g/mol. The van der Waals surface area contributed by atoms with E-state index in [1.165, 1.54) is 5.56 Å². The van der Waals surface area contributed by atoms with Crippen molar-refractivity contribution in [2.24, 2.45) is 4.99 Å². The molecule has 0 bridgehead atoms. The number of carbonyl (C=O) groups excluding carboxylic acids is 1. The number of benzene rings is 1. The van der Waals surface area contributed by atoms with Crippen LogP contribution in [0.1, 0.15) is 25.3 Å². The number of aliphatic imine (C=N–C) groups is 1. The lowest BCUT2D eigenvalue weighted by atomic mass is 10.1. The Kier molecular flexibility index (Phi) is 9.43. The predicted octanol–water partition coefficient (Wildman–Crippen LogP) is 3.18. The molecule has 2 aromatic rings. The summed E-state index contributed by atoms with van der Waals surface area (Å²) < 4.78 is 5.07. The van der Waals surface area contributed by atoms with Gasteiger partial charge in [0.15, 0.2) is 5.96 Å². The van der Waals surface area contributed by atoms with Gasteiger partial charge in [-0.05, 0) is 37.8 Å². The third-order valence-corrected chi connectivity index (χ3v) is 4.99. The summed E-state index contributed by atoms with van der Waals surface area (Å²) in [4.78, 5) is 22.4. The molecule has 8 heteroatoms. The molecule has 0 unspecified atom stereocenters. The van der Waals surface area contributed by atoms with Gasteiger partial charge in [-0.2, -0.15) is 0 Å². The Hall–Kier alpha value is -2.10. The molecule has 2 N–H and O–H groups in total. The van der Waals surface area contributed by atoms with Gasteiger partial charge in [-0.1, -0.05) is 24.3 Å². The number of halogens is 1. The number of piperidine rings is 1. The molecular formula is C21H30IN5O2. The highest BCUT2D eigenvalue weighted by atomic mass is 127. The molecule has 7 nitrogen and oxygen atoms in total. The van der Waals surface area contributed by atoms with Crippen molar-refractivity contribution in [3.05, 3.63) is 42.1 Å². The van der Waals surface area contributed by atoms with Gasteiger partial charge in [0.2, 0.25) is 0 Å². The molecule has 1 aromatic heterocycles. The number of ether oxygens (including phenoxy) is 1. The van der Waals surface area contributed by atoms with Gasteiger partial charge in [0, 0.05) is 44.3 Å². The first-order chi connectivity index (χ1) is 13.7. The van der Waals surface area contributed by atoms with E-state index in [4.69, 9.17) is 4.74 Å². The van der Waals surface area contributed by atoms with E-state index in [1.807, 2.05) is 19.2 Å². The van der Waals surface area contributed by atoms with E-state index in [0.717, 1.165) is 42.7 Å². The van der Waals surface area contributed by atoms with Crippen LogP contribution in [-0.4, -0.2) is 61.3 Å². The van der Waals surface area contributed by atoms with Gasteiger partial charge in [0.05, 0.1) is 12.1 Å². The lowest BCUT2D eigenvalue weighted by Crippen LogP contribution is -2.50. The first-order valence-corrected chi connectivity index (χ1v) is 9.92. The highest BCUT2D eigenvalue weighted by Gasteiger charge is 2.23. The minimum Gasteiger partial charge on any atom is -0.450 e. The quantitative estimate of drug-likeness (QED) is 0.367. The molecule has 1 fully saturated rings. The van der Waals surface area contributed by atoms with Gasteiger partial charge in [-0.3, -0.25) is 9.98 Å². The smallest absolute Gasteiger partial charge is 0.409 e. The zero-order chi connectivity index (χ0) is 19.8. The van der Waals surface area contributed by atoms with Crippen LogP contribution < -0.4 is 10.6 Å². The number of amides is 1. The summed E-state index contributed by atoms with van der Waals surface area (Å²) in [7, 11) is 1.78. The van der Waals surface area contributed by atoms with Gasteiger partial charge >= 0.3 is 6.09 Å². The molecule has 0 atom stereocenters. The van der Waals surface area contributed by atoms with Crippen LogP contribution in [0.2, 0.25) is 0 Å². The number of rotatable bonds is 5. The molecule has 1 saturated heterocycles. The SMILES string of the molecule is CCOC(=O)N1CCC(NC(=NC)NCCc2cccc3cccnc23)CC1.I. The minimum atomic E-state index is -0.216. The monoisotopic (exact) mass is 511 g/mol. The second-order valence-electron chi connectivity index (χ2n) is 6.85. The van der Waals surface area contributed by atoms with E-state index >= 15 is 0 Å². The highest BCUT2D eigenvalue weighted by Crippen LogP contribution is 2.16. The van der Waals surface area contributed by atoms with Crippen molar-refractivity contribution in [3.63, 3.8) is 0 Å². The number of fused-ring (bicyclic) bond motifs is 1. The summed E-state index contributed by atoms with van der Waals surface area (Å²) in [6.45, 7) is 4.43. The maximum Gasteiger partial charge on any atom is 0.409 e. The van der Waals surface area contributed by atoms with Gasteiger partial charge in [-0.15, -0.1) is 24.0 Å². The molecule has 2 heterocycles. The summed E-state index contributed by atoms with van der Waals surface area (Å²) >= 11 is 0. The standard InChI is InChI=1S/C21H29N5O2.HI/c1-3-28-21(27)26-14-10-18(11-15-26)25-20(22-2)24-13-9-17-7-4-6-16-8-5-12-23-19(16)17;/h4-8,12,18H,3,9-11,13-15H2,1-2H3,(H2,22,24,25);1H. The first-order valence-electron chi connectivity index (χ1n) is 9.92. The number of likely N-dealkylation sites (tertiary alicyclic amines) is 1. The summed E-state index contributed by atoms with van der Waals surface area (Å²) in [6.07, 6.45) is 4.25. The van der Waals surface area contributed by atoms with Crippen molar-refractivity contribution in [1.82, 2.24) is 20.5 Å². The third-order valence-electron chi connectivity index (χ3n) is 4.99. The largest absolute Gasteiger partial charge is 0.450 e. The first kappa shape index (κ1) is 23.2. The third kappa shape index (κ3) is 6.45. The molecule has 0 spiro atoms. The van der Waals surface area contributed by atoms with Crippen LogP contribution in [0.3, 0.4) is 0 Å². The summed E-state index contributed by atoms with van der Waals surface area (Å²) in [5.41, 5.74) is 2.28. The van der Waals surface area contributed by atoms with Gasteiger partial charge in [0.1, 0.15) is 0 Å². The lowest BCUT2D eigenvalue weighted by Gasteiger charge is -2.32. The number of guanidine groups is 1. The van der Waals surface area contributed by atoms with E-state index in [0.29, 0.717) is 25.7 Å². The zero-order valence-corrected chi connectivity index (χ0v) is 19.4. The normalized spacial score (nSPS) is 15.0. The Bertz CT molecular complexity index is 816. The van der Waals surface area contributed by atoms with Crippen LogP contribution in [0.15, 0.2) is 41.5 Å². The fourth-order valence-corrected chi connectivity index (χ4v) is 3.49. The van der Waals surface area contributed by atoms with Crippen LogP contribution in [-0.2, 0) is 11.2 Å². The molecule has 1 aliphatic rings. The van der Waals surface area contributed by atoms with Crippen molar-refractivity contribution in [1.29, 1.82) is 0 Å². The van der Waals surface area contributed by atoms with E-state index in [9.17, 15) is 4.79 Å². The molecule has 158 valence electrons. The second kappa shape index (κ2) is 11.8. The van der Waals surface area contributed by atoms with E-state index in [1.54, 1.807) is 11.9 Å². The van der Waals surface area contributed by atoms with Gasteiger partial charge < -0.3 is 20.3 Å². The average Bonchev–Trinajstić information content (AvgIpc) is 2.74. The summed E-state index contributed by atoms with van der Waals surface area (Å²) in [6, 6.07) is 10.6. The van der Waals surface area contributed by atoms with E-state index in [-0.39, 0.29) is 30.1 Å². The number of carbonyl (C=O) groups is 1. The summed E-state index contributed by atoms with van der Waals surface area (Å²) in [5.74, 6) is 0.794. The van der Waals surface area contributed by atoms with Crippen LogP contribution in [0, 0.1) is 0 Å². The maximum absolute atomic E-state index is 11.8. The van der Waals surface area contributed by atoms with Crippen molar-refractivity contribution >= 4 is 46.9 Å². The second-order valence-corrected chi connectivity index (χ2v) is 6.85. The Balaban J connectivity index is 0.00000300. The zero-order valence-electron chi connectivity index (χ0n) is 17.1. The highest BCUT2D eigenvalue weighted by molar-refractivity contribution is 14.0. The van der Waals surface area contributed by atoms with Gasteiger partial charge in [0.25, 0.3) is 0 Å². The van der Waals surface area contributed by atoms with Gasteiger partial charge in [-0.25, -0.2) is 4.79 Å². The van der Waals surface area contributed by atoms with E-state index in [2.05, 4.69) is 44.9 Å². The average molecular weight is 511 g/mol. The Labute approximate surface area is 189 Å². The summed E-state index contributed by atoms with van der Waals surface area (Å²) in [5, 5.41) is 8.02. The minimum absolute atomic E-state index is 0. The topological polar surface area (TPSA) is 78.8 Å². The van der Waals surface area contributed by atoms with Crippen LogP contribution in [0.5, 0.6) is 0 Å². The predicted molar refractivity (Wildman–Crippen MR) is 127 cm³/mol. The molecule has 3 rings (SSSR count). The molecule has 1 aromatic carbocycles. The number of hydrogen-bond donors (Lipinski definition) is 2. The van der Waals surface area contributed by atoms with Crippen molar-refractivity contribution in [2.45, 2.75) is 32.2 Å². The fourth-order valence-electron chi connectivity index (χ4n) is 3.49. The molecule has 29 heavy (non-hydrogen) atoms. The number of para-hydroxylation sites is 1. The molecule has 1 amide bonds. The molecule has 0 aliphatic carbocycles. The van der Waals surface area contributed by atoms with E-state index < -0.39 is 0 Å². The lowest BCUT2D eigenvalue weighted by molar-refractivity contribution is 0.0963. The number of pyridine rings is 1. The number of nitrogens with one attached hydrogen (secondary N) is 2. The number of hydrogen-bond acceptors (Lipinski definition) is 4. The van der Waals surface area contributed by atoms with Crippen molar-refractivity contribution in [3.8, 4) is 0 Å². The Morgan fingerprint density at radius 1 is 1.28 bits per heavy atom. The fraction of sp³-hybridized carbons (Fsp3) is 0.476. The molecule has 1 aliphatic heterocycles. The van der Waals surface area contributed by atoms with Crippen LogP contribution in [0.25, 0.3) is 10.9 Å².